The molecule has 2 aliphatic rings. The Kier molecular flexibility index (Phi) is 4.24. The summed E-state index contributed by atoms with van der Waals surface area (Å²) in [6.07, 6.45) is 4.80. The minimum absolute atomic E-state index is 0.0585. The van der Waals surface area contributed by atoms with E-state index in [0.29, 0.717) is 6.61 Å². The lowest BCUT2D eigenvalue weighted by molar-refractivity contribution is 0.0694. The molecule has 152 valence electrons. The molecule has 1 atom stereocenters. The number of pyridine rings is 2. The van der Waals surface area contributed by atoms with E-state index in [0.717, 1.165) is 52.2 Å². The minimum atomic E-state index is -1.19. The molecule has 0 fully saturated rings. The van der Waals surface area contributed by atoms with Crippen molar-refractivity contribution in [1.82, 2.24) is 9.55 Å². The van der Waals surface area contributed by atoms with Gasteiger partial charge in [-0.25, -0.2) is 4.79 Å². The molecule has 3 aromatic rings. The van der Waals surface area contributed by atoms with Crippen molar-refractivity contribution in [3.05, 3.63) is 69.6 Å². The number of aromatic carboxylic acids is 1. The molecule has 30 heavy (non-hydrogen) atoms. The summed E-state index contributed by atoms with van der Waals surface area (Å²) in [5.41, 5.74) is 5.20. The molecule has 0 bridgehead atoms. The molecule has 5 rings (SSSR count). The number of carboxylic acid groups (broad SMARTS) is 1. The molecule has 0 radical (unpaired) electrons. The molecule has 2 aliphatic heterocycles. The van der Waals surface area contributed by atoms with Crippen molar-refractivity contribution in [2.24, 2.45) is 5.92 Å². The van der Waals surface area contributed by atoms with Gasteiger partial charge in [0, 0.05) is 47.6 Å². The maximum Gasteiger partial charge on any atom is 0.341 e. The van der Waals surface area contributed by atoms with Gasteiger partial charge in [-0.3, -0.25) is 9.78 Å². The number of ether oxygens (including phenoxy) is 1. The van der Waals surface area contributed by atoms with Crippen molar-refractivity contribution in [2.45, 2.75) is 32.7 Å². The van der Waals surface area contributed by atoms with Crippen LogP contribution in [0.15, 0.2) is 47.5 Å². The van der Waals surface area contributed by atoms with Crippen LogP contribution in [0.4, 0.5) is 0 Å². The third-order valence-corrected chi connectivity index (χ3v) is 6.12. The van der Waals surface area contributed by atoms with Crippen molar-refractivity contribution in [2.75, 3.05) is 6.61 Å². The Morgan fingerprint density at radius 1 is 1.30 bits per heavy atom. The number of fused-ring (bicyclic) bond motifs is 5. The molecule has 4 heterocycles. The van der Waals surface area contributed by atoms with E-state index in [-0.39, 0.29) is 17.5 Å². The van der Waals surface area contributed by atoms with E-state index in [1.807, 2.05) is 22.8 Å². The van der Waals surface area contributed by atoms with E-state index in [1.165, 1.54) is 12.3 Å². The van der Waals surface area contributed by atoms with Gasteiger partial charge in [0.2, 0.25) is 0 Å². The van der Waals surface area contributed by atoms with Crippen LogP contribution in [-0.4, -0.2) is 27.2 Å². The van der Waals surface area contributed by atoms with Gasteiger partial charge in [-0.1, -0.05) is 19.9 Å². The number of rotatable bonds is 3. The Morgan fingerprint density at radius 2 is 2.13 bits per heavy atom. The summed E-state index contributed by atoms with van der Waals surface area (Å²) in [5, 5.41) is 9.46. The maximum absolute atomic E-state index is 12.6. The average Bonchev–Trinajstić information content (AvgIpc) is 3.22. The maximum atomic E-state index is 12.6. The molecule has 0 amide bonds. The van der Waals surface area contributed by atoms with Crippen LogP contribution in [0.1, 0.15) is 41.4 Å². The first kappa shape index (κ1) is 18.6. The fourth-order valence-electron chi connectivity index (χ4n) is 4.70. The summed E-state index contributed by atoms with van der Waals surface area (Å²) in [6.45, 7) is 4.82. The summed E-state index contributed by atoms with van der Waals surface area (Å²) in [6, 6.07) is 9.50. The second kappa shape index (κ2) is 6.83. The molecule has 1 N–H and O–H groups in total. The molecule has 2 aromatic heterocycles. The predicted octanol–water partition coefficient (Wildman–Crippen LogP) is 3.96. The van der Waals surface area contributed by atoms with Gasteiger partial charge in [-0.15, -0.1) is 0 Å². The highest BCUT2D eigenvalue weighted by atomic mass is 16.5. The lowest BCUT2D eigenvalue weighted by atomic mass is 9.83. The first-order valence-electron chi connectivity index (χ1n) is 10.2. The van der Waals surface area contributed by atoms with E-state index in [9.17, 15) is 14.7 Å². The molecule has 1 unspecified atom stereocenters. The largest absolute Gasteiger partial charge is 0.492 e. The summed E-state index contributed by atoms with van der Waals surface area (Å²) in [4.78, 5) is 28.7. The van der Waals surface area contributed by atoms with Gasteiger partial charge in [-0.2, -0.15) is 0 Å². The normalized spacial score (nSPS) is 16.6. The summed E-state index contributed by atoms with van der Waals surface area (Å²) < 4.78 is 7.99. The van der Waals surface area contributed by atoms with Gasteiger partial charge in [0.15, 0.2) is 5.43 Å². The fraction of sp³-hybridized carbons (Fsp3) is 0.292. The number of carbonyl (C=O) groups is 1. The Labute approximate surface area is 173 Å². The van der Waals surface area contributed by atoms with Gasteiger partial charge in [0.05, 0.1) is 18.0 Å². The second-order valence-corrected chi connectivity index (χ2v) is 8.24. The SMILES string of the molecule is CC(C)C1Cc2cc(-c3ccccn3)c3c(c2-c2cc(=O)c(C(=O)O)cn21)CCO3. The number of hydrogen-bond acceptors (Lipinski definition) is 4. The Bertz CT molecular complexity index is 1230. The first-order valence-corrected chi connectivity index (χ1v) is 10.2. The smallest absolute Gasteiger partial charge is 0.341 e. The summed E-state index contributed by atoms with van der Waals surface area (Å²) in [5.74, 6) is -0.108. The zero-order valence-corrected chi connectivity index (χ0v) is 16.9. The number of benzene rings is 1. The molecule has 1 aromatic carbocycles. The van der Waals surface area contributed by atoms with Gasteiger partial charge in [-0.05, 0) is 36.1 Å². The van der Waals surface area contributed by atoms with Crippen LogP contribution in [0.3, 0.4) is 0 Å². The molecule has 6 heteroatoms. The molecule has 0 spiro atoms. The van der Waals surface area contributed by atoms with Crippen LogP contribution in [0.2, 0.25) is 0 Å². The van der Waals surface area contributed by atoms with Crippen LogP contribution in [0, 0.1) is 5.92 Å². The van der Waals surface area contributed by atoms with Crippen molar-refractivity contribution in [3.63, 3.8) is 0 Å². The van der Waals surface area contributed by atoms with Crippen LogP contribution in [0.25, 0.3) is 22.5 Å². The zero-order valence-electron chi connectivity index (χ0n) is 16.9. The summed E-state index contributed by atoms with van der Waals surface area (Å²) >= 11 is 0. The molecule has 6 nitrogen and oxygen atoms in total. The lowest BCUT2D eigenvalue weighted by Crippen LogP contribution is -2.28. The van der Waals surface area contributed by atoms with E-state index < -0.39 is 11.4 Å². The van der Waals surface area contributed by atoms with Gasteiger partial charge >= 0.3 is 5.97 Å². The van der Waals surface area contributed by atoms with Crippen LogP contribution in [-0.2, 0) is 12.8 Å². The Hall–Kier alpha value is -3.41. The number of nitrogens with zero attached hydrogens (tertiary/aromatic N) is 2. The minimum Gasteiger partial charge on any atom is -0.492 e. The molecule has 0 aliphatic carbocycles. The third kappa shape index (κ3) is 2.75. The monoisotopic (exact) mass is 402 g/mol. The molecular weight excluding hydrogens is 380 g/mol. The Morgan fingerprint density at radius 3 is 2.83 bits per heavy atom. The highest BCUT2D eigenvalue weighted by Crippen LogP contribution is 2.48. The van der Waals surface area contributed by atoms with Gasteiger partial charge in [0.1, 0.15) is 11.3 Å². The third-order valence-electron chi connectivity index (χ3n) is 6.12. The highest BCUT2D eigenvalue weighted by molar-refractivity contribution is 5.88. The predicted molar refractivity (Wildman–Crippen MR) is 113 cm³/mol. The van der Waals surface area contributed by atoms with E-state index in [4.69, 9.17) is 4.74 Å². The van der Waals surface area contributed by atoms with Gasteiger partial charge < -0.3 is 14.4 Å². The number of aromatic nitrogens is 2. The average molecular weight is 402 g/mol. The second-order valence-electron chi connectivity index (χ2n) is 8.24. The quantitative estimate of drug-likeness (QED) is 0.717. The standard InChI is InChI=1S/C24H22N2O4/c1-13(2)19-10-14-9-16(18-5-3-4-7-25-18)23-15(6-8-30-23)22(14)20-11-21(27)17(24(28)29)12-26(19)20/h3-5,7,9,11-13,19H,6,8,10H2,1-2H3,(H,28,29). The molecular formula is C24H22N2O4. The van der Waals surface area contributed by atoms with Gasteiger partial charge in [0.25, 0.3) is 0 Å². The van der Waals surface area contributed by atoms with E-state index in [1.54, 1.807) is 6.20 Å². The topological polar surface area (TPSA) is 81.4 Å². The van der Waals surface area contributed by atoms with Crippen molar-refractivity contribution >= 4 is 5.97 Å². The first-order chi connectivity index (χ1) is 14.5. The van der Waals surface area contributed by atoms with Crippen LogP contribution in [0.5, 0.6) is 5.75 Å². The lowest BCUT2D eigenvalue weighted by Gasteiger charge is -2.34. The van der Waals surface area contributed by atoms with Crippen molar-refractivity contribution in [3.8, 4) is 28.3 Å². The van der Waals surface area contributed by atoms with Crippen LogP contribution < -0.4 is 10.2 Å². The zero-order chi connectivity index (χ0) is 21.0. The van der Waals surface area contributed by atoms with E-state index >= 15 is 0 Å². The van der Waals surface area contributed by atoms with Crippen molar-refractivity contribution in [1.29, 1.82) is 0 Å². The van der Waals surface area contributed by atoms with Crippen molar-refractivity contribution < 1.29 is 14.6 Å². The van der Waals surface area contributed by atoms with Crippen LogP contribution >= 0.6 is 0 Å². The number of carboxylic acids is 1. The highest BCUT2D eigenvalue weighted by Gasteiger charge is 2.33. The van der Waals surface area contributed by atoms with E-state index in [2.05, 4.69) is 24.9 Å². The Balaban J connectivity index is 1.81. The molecule has 0 saturated carbocycles. The number of hydrogen-bond donors (Lipinski definition) is 1. The summed E-state index contributed by atoms with van der Waals surface area (Å²) in [7, 11) is 0. The fourth-order valence-corrected chi connectivity index (χ4v) is 4.70. The molecule has 0 saturated heterocycles.